The molecule has 1 unspecified atom stereocenters. The number of nitrogens with one attached hydrogen (secondary N) is 1. The molecule has 0 fully saturated rings. The van der Waals surface area contributed by atoms with Crippen LogP contribution in [0, 0.1) is 13.8 Å². The second-order valence-corrected chi connectivity index (χ2v) is 11.1. The average Bonchev–Trinajstić information content (AvgIpc) is 3.15. The Bertz CT molecular complexity index is 1230. The van der Waals surface area contributed by atoms with Crippen LogP contribution in [-0.4, -0.2) is 53.0 Å². The van der Waals surface area contributed by atoms with E-state index in [-0.39, 0.29) is 29.1 Å². The minimum atomic E-state index is -3.60. The van der Waals surface area contributed by atoms with Crippen molar-refractivity contribution in [1.29, 1.82) is 0 Å². The summed E-state index contributed by atoms with van der Waals surface area (Å²) >= 11 is 6.10. The number of rotatable bonds is 9. The summed E-state index contributed by atoms with van der Waals surface area (Å²) in [5, 5.41) is 0.559. The Balaban J connectivity index is 0.00000342. The highest BCUT2D eigenvalue weighted by Crippen LogP contribution is 2.48. The summed E-state index contributed by atoms with van der Waals surface area (Å²) in [6.07, 6.45) is 2.80. The van der Waals surface area contributed by atoms with E-state index in [0.717, 1.165) is 42.6 Å². The van der Waals surface area contributed by atoms with E-state index in [9.17, 15) is 13.2 Å². The van der Waals surface area contributed by atoms with Gasteiger partial charge in [-0.1, -0.05) is 11.6 Å². The fourth-order valence-corrected chi connectivity index (χ4v) is 6.67. The summed E-state index contributed by atoms with van der Waals surface area (Å²) in [7, 11) is -0.442. The summed E-state index contributed by atoms with van der Waals surface area (Å²) in [6, 6.07) is 5.34. The molecule has 0 amide bonds. The average molecular weight is 544 g/mol. The first kappa shape index (κ1) is 27.7. The van der Waals surface area contributed by atoms with Gasteiger partial charge < -0.3 is 9.47 Å². The Morgan fingerprint density at radius 2 is 1.86 bits per heavy atom. The largest absolute Gasteiger partial charge is 0.493 e. The molecular weight excluding hydrogens is 511 g/mol. The Labute approximate surface area is 218 Å². The molecule has 1 atom stereocenters. The van der Waals surface area contributed by atoms with Crippen molar-refractivity contribution in [3.05, 3.63) is 51.0 Å². The number of ether oxygens (including phenoxy) is 2. The van der Waals surface area contributed by atoms with Crippen molar-refractivity contribution in [2.45, 2.75) is 50.5 Å². The molecule has 0 radical (unpaired) electrons. The van der Waals surface area contributed by atoms with Crippen molar-refractivity contribution < 1.29 is 22.7 Å². The topological polar surface area (TPSA) is 84.9 Å². The van der Waals surface area contributed by atoms with Crippen molar-refractivity contribution in [3.63, 3.8) is 0 Å². The van der Waals surface area contributed by atoms with Gasteiger partial charge in [-0.25, -0.2) is 13.1 Å². The van der Waals surface area contributed by atoms with Crippen molar-refractivity contribution >= 4 is 39.8 Å². The lowest BCUT2D eigenvalue weighted by Crippen LogP contribution is -2.35. The first-order valence-corrected chi connectivity index (χ1v) is 13.4. The molecule has 0 spiro atoms. The maximum Gasteiger partial charge on any atom is 0.240 e. The van der Waals surface area contributed by atoms with Crippen LogP contribution in [0.3, 0.4) is 0 Å². The molecule has 1 heterocycles. The highest BCUT2D eigenvalue weighted by atomic mass is 35.5. The number of halogens is 2. The molecule has 0 saturated carbocycles. The number of Topliss-reactive ketones (excluding diaryl/α,β-unsaturated/α-hetero) is 1. The highest BCUT2D eigenvalue weighted by molar-refractivity contribution is 7.89. The number of hydrogen-bond donors (Lipinski definition) is 1. The van der Waals surface area contributed by atoms with E-state index in [4.69, 9.17) is 21.1 Å². The summed E-state index contributed by atoms with van der Waals surface area (Å²) in [4.78, 5) is 15.5. The second-order valence-electron chi connectivity index (χ2n) is 8.96. The third kappa shape index (κ3) is 5.32. The quantitative estimate of drug-likeness (QED) is 0.464. The number of carbonyl (C=O) groups is 1. The molecule has 0 aromatic heterocycles. The zero-order valence-electron chi connectivity index (χ0n) is 20.4. The molecule has 2 aromatic rings. The van der Waals surface area contributed by atoms with E-state index in [1.165, 1.54) is 0 Å². The number of unbranched alkanes of at least 4 members (excludes halogenated alkanes) is 1. The van der Waals surface area contributed by atoms with Gasteiger partial charge in [-0.05, 0) is 80.1 Å². The fraction of sp³-hybridized carbons (Fsp3) is 0.480. The molecular formula is C25H32Cl2N2O5S. The van der Waals surface area contributed by atoms with Crippen molar-refractivity contribution in [3.8, 4) is 11.5 Å². The molecule has 10 heteroatoms. The van der Waals surface area contributed by atoms with Crippen LogP contribution in [0.4, 0.5) is 0 Å². The molecule has 2 aromatic carbocycles. The smallest absolute Gasteiger partial charge is 0.240 e. The van der Waals surface area contributed by atoms with E-state index in [2.05, 4.69) is 9.62 Å². The first-order valence-electron chi connectivity index (χ1n) is 11.5. The number of sulfonamides is 1. The zero-order valence-corrected chi connectivity index (χ0v) is 22.8. The first-order chi connectivity index (χ1) is 16.2. The normalized spacial score (nSPS) is 17.2. The minimum Gasteiger partial charge on any atom is -0.493 e. The molecule has 192 valence electrons. The van der Waals surface area contributed by atoms with Crippen LogP contribution < -0.4 is 14.2 Å². The molecule has 0 bridgehead atoms. The van der Waals surface area contributed by atoms with Crippen LogP contribution in [0.1, 0.15) is 57.9 Å². The van der Waals surface area contributed by atoms with Gasteiger partial charge in [0.1, 0.15) is 0 Å². The number of methoxy groups -OCH3 is 2. The summed E-state index contributed by atoms with van der Waals surface area (Å²) in [6.45, 7) is 5.55. The lowest BCUT2D eigenvalue weighted by Gasteiger charge is -2.35. The number of aryl methyl sites for hydroxylation is 2. The van der Waals surface area contributed by atoms with Crippen molar-refractivity contribution in [2.24, 2.45) is 0 Å². The fourth-order valence-electron chi connectivity index (χ4n) is 5.07. The predicted octanol–water partition coefficient (Wildman–Crippen LogP) is 4.64. The van der Waals surface area contributed by atoms with Crippen molar-refractivity contribution in [1.82, 2.24) is 9.62 Å². The molecule has 1 aliphatic heterocycles. The van der Waals surface area contributed by atoms with Gasteiger partial charge in [0.15, 0.2) is 17.3 Å². The maximum absolute atomic E-state index is 12.9. The third-order valence-electron chi connectivity index (χ3n) is 6.81. The van der Waals surface area contributed by atoms with E-state index < -0.39 is 10.0 Å². The zero-order chi connectivity index (χ0) is 24.6. The lowest BCUT2D eigenvalue weighted by atomic mass is 9.92. The van der Waals surface area contributed by atoms with E-state index in [1.54, 1.807) is 40.2 Å². The van der Waals surface area contributed by atoms with Gasteiger partial charge in [0.2, 0.25) is 10.0 Å². The number of nitrogens with zero attached hydrogens (tertiary/aromatic N) is 1. The molecule has 0 saturated heterocycles. The molecule has 35 heavy (non-hydrogen) atoms. The van der Waals surface area contributed by atoms with Gasteiger partial charge in [-0.3, -0.25) is 9.69 Å². The van der Waals surface area contributed by atoms with Crippen LogP contribution in [-0.2, 0) is 16.4 Å². The summed E-state index contributed by atoms with van der Waals surface area (Å²) in [5.74, 6) is 1.22. The molecule has 1 aliphatic carbocycles. The van der Waals surface area contributed by atoms with Gasteiger partial charge in [0.25, 0.3) is 0 Å². The highest BCUT2D eigenvalue weighted by Gasteiger charge is 2.41. The van der Waals surface area contributed by atoms with Gasteiger partial charge in [0, 0.05) is 30.6 Å². The Hall–Kier alpha value is -1.84. The number of benzene rings is 2. The molecule has 4 rings (SSSR count). The van der Waals surface area contributed by atoms with E-state index in [0.29, 0.717) is 47.0 Å². The number of carbonyl (C=O) groups excluding carboxylic acids is 1. The van der Waals surface area contributed by atoms with Crippen LogP contribution in [0.2, 0.25) is 5.02 Å². The van der Waals surface area contributed by atoms with Crippen molar-refractivity contribution in [2.75, 3.05) is 33.9 Å². The standard InChI is InChI=1S/C25H31ClN2O5S.ClH/c1-15-12-22(16(2)11-18(15)26)34(30,31)27-8-5-6-9-28-10-7-17-13-21(32-3)25(33-4)24-20(29)14-19(28)23(17)24;/h11-13,19,27H,5-10,14H2,1-4H3;1H. The molecule has 1 N–H and O–H groups in total. The summed E-state index contributed by atoms with van der Waals surface area (Å²) in [5.41, 5.74) is 4.25. The Morgan fingerprint density at radius 1 is 1.11 bits per heavy atom. The van der Waals surface area contributed by atoms with Crippen LogP contribution in [0.5, 0.6) is 11.5 Å². The monoisotopic (exact) mass is 542 g/mol. The summed E-state index contributed by atoms with van der Waals surface area (Å²) < 4.78 is 39.2. The van der Waals surface area contributed by atoms with Crippen LogP contribution >= 0.6 is 24.0 Å². The Morgan fingerprint density at radius 3 is 2.54 bits per heavy atom. The predicted molar refractivity (Wildman–Crippen MR) is 139 cm³/mol. The van der Waals surface area contributed by atoms with Gasteiger partial charge in [0.05, 0.1) is 24.7 Å². The number of ketones is 1. The third-order valence-corrected chi connectivity index (χ3v) is 8.82. The maximum atomic E-state index is 12.9. The Kier molecular flexibility index (Phi) is 8.76. The molecule has 2 aliphatic rings. The second kappa shape index (κ2) is 11.0. The minimum absolute atomic E-state index is 0. The number of hydrogen-bond acceptors (Lipinski definition) is 6. The SMILES string of the molecule is COc1cc2c3c(c1OC)C(=O)CC3N(CCCCNS(=O)(=O)c1cc(C)c(Cl)cc1C)CC2.Cl. The van der Waals surface area contributed by atoms with Gasteiger partial charge in [-0.2, -0.15) is 0 Å². The lowest BCUT2D eigenvalue weighted by molar-refractivity contribution is 0.0946. The van der Waals surface area contributed by atoms with E-state index >= 15 is 0 Å². The van der Waals surface area contributed by atoms with Crippen LogP contribution in [0.15, 0.2) is 23.1 Å². The molecule has 7 nitrogen and oxygen atoms in total. The van der Waals surface area contributed by atoms with Gasteiger partial charge >= 0.3 is 0 Å². The van der Waals surface area contributed by atoms with E-state index in [1.807, 2.05) is 6.07 Å². The van der Waals surface area contributed by atoms with Gasteiger partial charge in [-0.15, -0.1) is 12.4 Å². The van der Waals surface area contributed by atoms with Crippen LogP contribution in [0.25, 0.3) is 0 Å².